The van der Waals surface area contributed by atoms with Crippen molar-refractivity contribution in [3.05, 3.63) is 0 Å². The normalized spacial score (nSPS) is 24.7. The molecule has 1 saturated heterocycles. The number of hydrogen-bond acceptors (Lipinski definition) is 3. The highest BCUT2D eigenvalue weighted by molar-refractivity contribution is 5.82. The van der Waals surface area contributed by atoms with Crippen molar-refractivity contribution in [3.63, 3.8) is 0 Å². The third-order valence-electron chi connectivity index (χ3n) is 3.04. The highest BCUT2D eigenvalue weighted by atomic mass is 16.6. The Balaban J connectivity index is 3.05. The van der Waals surface area contributed by atoms with E-state index in [0.717, 1.165) is 0 Å². The van der Waals surface area contributed by atoms with Gasteiger partial charge in [-0.15, -0.1) is 12.3 Å². The maximum atomic E-state index is 12.2. The number of terminal acetylenes is 1. The van der Waals surface area contributed by atoms with E-state index in [0.29, 0.717) is 6.42 Å². The molecule has 0 aromatic rings. The van der Waals surface area contributed by atoms with E-state index in [9.17, 15) is 14.7 Å². The number of carbonyl (C=O) groups is 2. The molecular weight excluding hydrogens is 270 g/mol. The summed E-state index contributed by atoms with van der Waals surface area (Å²) in [6, 6.07) is -1.10. The average molecular weight is 291 g/mol. The van der Waals surface area contributed by atoms with Crippen molar-refractivity contribution >= 4 is 12.1 Å². The Bertz CT molecular complexity index is 515. The number of ether oxygens (including phenoxy) is 1. The van der Waals surface area contributed by atoms with Gasteiger partial charge in [0.25, 0.3) is 0 Å². The number of amides is 1. The van der Waals surface area contributed by atoms with Gasteiger partial charge in [-0.1, -0.05) is 18.8 Å². The van der Waals surface area contributed by atoms with Crippen LogP contribution in [0.5, 0.6) is 0 Å². The first-order valence-electron chi connectivity index (χ1n) is 6.88. The summed E-state index contributed by atoms with van der Waals surface area (Å²) in [5, 5.41) is 9.38. The number of likely N-dealkylation sites (tertiary alicyclic amines) is 1. The van der Waals surface area contributed by atoms with Crippen LogP contribution in [0.3, 0.4) is 0 Å². The van der Waals surface area contributed by atoms with Crippen LogP contribution < -0.4 is 0 Å². The molecule has 1 fully saturated rings. The third-order valence-corrected chi connectivity index (χ3v) is 3.04. The van der Waals surface area contributed by atoms with Crippen LogP contribution in [0.1, 0.15) is 34.1 Å². The van der Waals surface area contributed by atoms with Gasteiger partial charge >= 0.3 is 12.1 Å². The van der Waals surface area contributed by atoms with Gasteiger partial charge in [-0.3, -0.25) is 4.90 Å². The standard InChI is InChI=1S/C16H21NO4/c1-6-8-9-11-10-17(15(20)21-16(3,4)5)13(14(18)19)12(11)7-2/h2,11-13H,6,10H2,1,3-5H3,(H,18,19). The highest BCUT2D eigenvalue weighted by Gasteiger charge is 2.48. The van der Waals surface area contributed by atoms with Crippen LogP contribution in [0, 0.1) is 36.0 Å². The summed E-state index contributed by atoms with van der Waals surface area (Å²) < 4.78 is 5.25. The van der Waals surface area contributed by atoms with Crippen LogP contribution in [-0.4, -0.2) is 40.3 Å². The average Bonchev–Trinajstić information content (AvgIpc) is 2.72. The van der Waals surface area contributed by atoms with Gasteiger partial charge in [0.1, 0.15) is 11.6 Å². The smallest absolute Gasteiger partial charge is 0.411 e. The molecule has 114 valence electrons. The van der Waals surface area contributed by atoms with Gasteiger partial charge < -0.3 is 9.84 Å². The van der Waals surface area contributed by atoms with E-state index in [1.165, 1.54) is 4.90 Å². The molecule has 5 nitrogen and oxygen atoms in total. The largest absolute Gasteiger partial charge is 0.480 e. The Kier molecular flexibility index (Phi) is 5.27. The fraction of sp³-hybridized carbons (Fsp3) is 0.625. The van der Waals surface area contributed by atoms with Gasteiger partial charge in [0.2, 0.25) is 0 Å². The van der Waals surface area contributed by atoms with Crippen LogP contribution >= 0.6 is 0 Å². The van der Waals surface area contributed by atoms with Crippen molar-refractivity contribution in [1.29, 1.82) is 0 Å². The zero-order valence-corrected chi connectivity index (χ0v) is 12.8. The third kappa shape index (κ3) is 4.16. The number of rotatable bonds is 1. The summed E-state index contributed by atoms with van der Waals surface area (Å²) in [7, 11) is 0. The minimum Gasteiger partial charge on any atom is -0.480 e. The minimum absolute atomic E-state index is 0.174. The zero-order chi connectivity index (χ0) is 16.2. The van der Waals surface area contributed by atoms with Gasteiger partial charge in [-0.2, -0.15) is 0 Å². The van der Waals surface area contributed by atoms with Crippen molar-refractivity contribution in [1.82, 2.24) is 4.90 Å². The second-order valence-electron chi connectivity index (χ2n) is 5.89. The Hall–Kier alpha value is -2.14. The molecule has 1 aliphatic heterocycles. The van der Waals surface area contributed by atoms with Crippen LogP contribution in [0.25, 0.3) is 0 Å². The van der Waals surface area contributed by atoms with Gasteiger partial charge in [-0.25, -0.2) is 9.59 Å². The van der Waals surface area contributed by atoms with Crippen LogP contribution in [0.2, 0.25) is 0 Å². The maximum Gasteiger partial charge on any atom is 0.411 e. The lowest BCUT2D eigenvalue weighted by Gasteiger charge is -2.27. The molecule has 0 saturated carbocycles. The Morgan fingerprint density at radius 2 is 2.05 bits per heavy atom. The van der Waals surface area contributed by atoms with E-state index in [2.05, 4.69) is 17.8 Å². The molecule has 3 atom stereocenters. The minimum atomic E-state index is -1.13. The summed E-state index contributed by atoms with van der Waals surface area (Å²) >= 11 is 0. The lowest BCUT2D eigenvalue weighted by Crippen LogP contribution is -2.45. The molecule has 0 spiro atoms. The Morgan fingerprint density at radius 1 is 1.43 bits per heavy atom. The number of carbonyl (C=O) groups excluding carboxylic acids is 1. The molecule has 1 amide bonds. The number of carboxylic acid groups (broad SMARTS) is 1. The Morgan fingerprint density at radius 3 is 2.48 bits per heavy atom. The number of nitrogens with zero attached hydrogens (tertiary/aromatic N) is 1. The number of aliphatic carboxylic acids is 1. The van der Waals surface area contributed by atoms with Crippen molar-refractivity contribution in [2.24, 2.45) is 11.8 Å². The van der Waals surface area contributed by atoms with E-state index >= 15 is 0 Å². The van der Waals surface area contributed by atoms with E-state index in [1.54, 1.807) is 20.8 Å². The molecule has 1 heterocycles. The summed E-state index contributed by atoms with van der Waals surface area (Å²) in [5.74, 6) is 6.22. The van der Waals surface area contributed by atoms with E-state index in [4.69, 9.17) is 11.2 Å². The predicted molar refractivity (Wildman–Crippen MR) is 78.2 cm³/mol. The first-order chi connectivity index (χ1) is 9.71. The number of carboxylic acids is 1. The molecule has 21 heavy (non-hydrogen) atoms. The molecule has 0 aliphatic carbocycles. The van der Waals surface area contributed by atoms with Crippen molar-refractivity contribution < 1.29 is 19.4 Å². The van der Waals surface area contributed by atoms with E-state index in [1.807, 2.05) is 6.92 Å². The molecule has 0 bridgehead atoms. The molecule has 1 rings (SSSR count). The van der Waals surface area contributed by atoms with E-state index in [-0.39, 0.29) is 12.5 Å². The molecule has 1 N–H and O–H groups in total. The lowest BCUT2D eigenvalue weighted by atomic mass is 9.91. The van der Waals surface area contributed by atoms with Crippen LogP contribution in [0.4, 0.5) is 4.79 Å². The topological polar surface area (TPSA) is 66.8 Å². The summed E-state index contributed by atoms with van der Waals surface area (Å²) in [4.78, 5) is 24.8. The maximum absolute atomic E-state index is 12.2. The van der Waals surface area contributed by atoms with Gasteiger partial charge in [0, 0.05) is 13.0 Å². The molecular formula is C16H21NO4. The fourth-order valence-electron chi connectivity index (χ4n) is 2.22. The monoisotopic (exact) mass is 291 g/mol. The summed E-state index contributed by atoms with van der Waals surface area (Å²) in [5.41, 5.74) is -0.695. The first kappa shape index (κ1) is 16.9. The number of hydrogen-bond donors (Lipinski definition) is 1. The Labute approximate surface area is 125 Å². The molecule has 5 heteroatoms. The van der Waals surface area contributed by atoms with E-state index < -0.39 is 29.6 Å². The van der Waals surface area contributed by atoms with Crippen molar-refractivity contribution in [3.8, 4) is 24.2 Å². The fourth-order valence-corrected chi connectivity index (χ4v) is 2.22. The lowest BCUT2D eigenvalue weighted by molar-refractivity contribution is -0.142. The second-order valence-corrected chi connectivity index (χ2v) is 5.89. The molecule has 0 aromatic heterocycles. The van der Waals surface area contributed by atoms with Gasteiger partial charge in [-0.05, 0) is 20.8 Å². The molecule has 3 unspecified atom stereocenters. The SMILES string of the molecule is C#CC1C(C#CCC)CN(C(=O)OC(C)(C)C)C1C(=O)O. The molecule has 0 radical (unpaired) electrons. The van der Waals surface area contributed by atoms with Gasteiger partial charge in [0.05, 0.1) is 11.8 Å². The molecule has 0 aromatic carbocycles. The first-order valence-corrected chi connectivity index (χ1v) is 6.88. The summed E-state index contributed by atoms with van der Waals surface area (Å²) in [6.45, 7) is 7.25. The molecule has 1 aliphatic rings. The second kappa shape index (κ2) is 6.54. The van der Waals surface area contributed by atoms with Crippen LogP contribution in [0.15, 0.2) is 0 Å². The summed E-state index contributed by atoms with van der Waals surface area (Å²) in [6.07, 6.45) is 5.43. The van der Waals surface area contributed by atoms with Crippen molar-refractivity contribution in [2.75, 3.05) is 6.54 Å². The quantitative estimate of drug-likeness (QED) is 0.750. The highest BCUT2D eigenvalue weighted by Crippen LogP contribution is 2.31. The zero-order valence-electron chi connectivity index (χ0n) is 12.8. The van der Waals surface area contributed by atoms with Gasteiger partial charge in [0.15, 0.2) is 0 Å². The van der Waals surface area contributed by atoms with Crippen LogP contribution in [-0.2, 0) is 9.53 Å². The van der Waals surface area contributed by atoms with Crippen molar-refractivity contribution in [2.45, 2.75) is 45.8 Å². The predicted octanol–water partition coefficient (Wildman–Crippen LogP) is 1.97.